The van der Waals surface area contributed by atoms with E-state index in [4.69, 9.17) is 0 Å². The fourth-order valence-electron chi connectivity index (χ4n) is 9.24. The van der Waals surface area contributed by atoms with Crippen LogP contribution in [-0.2, 0) is 0 Å². The predicted molar refractivity (Wildman–Crippen MR) is 163 cm³/mol. The van der Waals surface area contributed by atoms with Crippen LogP contribution in [0, 0.1) is 40.9 Å². The molecule has 3 aliphatic carbocycles. The van der Waals surface area contributed by atoms with Crippen LogP contribution in [0.3, 0.4) is 0 Å². The second kappa shape index (κ2) is 9.67. The Balaban J connectivity index is 1.07. The first-order valence-corrected chi connectivity index (χ1v) is 17.0. The van der Waals surface area contributed by atoms with Crippen molar-refractivity contribution in [3.63, 3.8) is 0 Å². The largest absolute Gasteiger partial charge is 0.244 e. The summed E-state index contributed by atoms with van der Waals surface area (Å²) in [5, 5.41) is 0. The molecule has 3 aliphatic heterocycles. The first kappa shape index (κ1) is 25.4. The quantitative estimate of drug-likeness (QED) is 0.200. The van der Waals surface area contributed by atoms with Crippen LogP contribution in [0.4, 0.5) is 0 Å². The van der Waals surface area contributed by atoms with Gasteiger partial charge in [-0.3, -0.25) is 0 Å². The van der Waals surface area contributed by atoms with Crippen molar-refractivity contribution in [1.82, 2.24) is 9.34 Å². The maximum Gasteiger partial charge on any atom is 0.0248 e. The van der Waals surface area contributed by atoms with Crippen molar-refractivity contribution in [2.75, 3.05) is 6.54 Å². The zero-order valence-electron chi connectivity index (χ0n) is 20.8. The van der Waals surface area contributed by atoms with Crippen molar-refractivity contribution in [3.8, 4) is 0 Å². The van der Waals surface area contributed by atoms with E-state index in [0.717, 1.165) is 65.7 Å². The summed E-state index contributed by atoms with van der Waals surface area (Å²) in [5.41, 5.74) is 0.415. The van der Waals surface area contributed by atoms with Crippen LogP contribution < -0.4 is 0 Å². The molecule has 0 aromatic carbocycles. The van der Waals surface area contributed by atoms with Crippen molar-refractivity contribution in [2.45, 2.75) is 122 Å². The lowest BCUT2D eigenvalue weighted by Gasteiger charge is -2.50. The third kappa shape index (κ3) is 4.52. The molecule has 0 radical (unpaired) electrons. The fourth-order valence-corrected chi connectivity index (χ4v) is 13.1. The summed E-state index contributed by atoms with van der Waals surface area (Å²) in [6.07, 6.45) is 16.2. The lowest BCUT2D eigenvalue weighted by Crippen LogP contribution is -2.51. The number of fused-ring (bicyclic) bond motifs is 3. The Hall–Kier alpha value is 2.07. The smallest absolute Gasteiger partial charge is 0.0248 e. The SMILES string of the molecule is C[C@H]1[C@@H]2CC[C@@H]2C(CC[C@H]2[C@@H]3C[C@@H]3C(CC(C)(C)[C@H]3C[C@@H]4CCCC[C@@H]4CN3I)N2I)N1I. The highest BCUT2D eigenvalue weighted by Crippen LogP contribution is 2.60. The highest BCUT2D eigenvalue weighted by molar-refractivity contribution is 14.1. The third-order valence-corrected chi connectivity index (χ3v) is 15.5. The lowest BCUT2D eigenvalue weighted by molar-refractivity contribution is 0.0376. The van der Waals surface area contributed by atoms with Gasteiger partial charge in [0.05, 0.1) is 0 Å². The van der Waals surface area contributed by atoms with Crippen LogP contribution in [0.15, 0.2) is 0 Å². The highest BCUT2D eigenvalue weighted by Gasteiger charge is 2.60. The molecule has 2 unspecified atom stereocenters. The van der Waals surface area contributed by atoms with E-state index in [2.05, 4.69) is 98.7 Å². The maximum absolute atomic E-state index is 2.86. The van der Waals surface area contributed by atoms with Gasteiger partial charge in [0.25, 0.3) is 0 Å². The van der Waals surface area contributed by atoms with Crippen molar-refractivity contribution in [1.29, 1.82) is 0 Å². The molecule has 3 saturated carbocycles. The Bertz CT molecular complexity index is 727. The second-order valence-corrected chi connectivity index (χ2v) is 17.0. The molecule has 6 aliphatic rings. The number of hydrogen-bond acceptors (Lipinski definition) is 3. The zero-order valence-corrected chi connectivity index (χ0v) is 27.3. The minimum atomic E-state index is 0.415. The molecule has 0 aromatic rings. The predicted octanol–water partition coefficient (Wildman–Crippen LogP) is 7.90. The molecule has 33 heavy (non-hydrogen) atoms. The van der Waals surface area contributed by atoms with Gasteiger partial charge in [-0.15, -0.1) is 0 Å². The third-order valence-electron chi connectivity index (χ3n) is 11.5. The molecule has 0 aromatic heterocycles. The van der Waals surface area contributed by atoms with Gasteiger partial charge in [0, 0.05) is 105 Å². The van der Waals surface area contributed by atoms with Crippen molar-refractivity contribution in [2.24, 2.45) is 40.9 Å². The summed E-state index contributed by atoms with van der Waals surface area (Å²) in [6, 6.07) is 4.10. The molecule has 6 fully saturated rings. The summed E-state index contributed by atoms with van der Waals surface area (Å²) in [6.45, 7) is 9.07. The molecule has 11 atom stereocenters. The van der Waals surface area contributed by atoms with Gasteiger partial charge in [-0.2, -0.15) is 0 Å². The van der Waals surface area contributed by atoms with Gasteiger partial charge < -0.3 is 0 Å². The van der Waals surface area contributed by atoms with Crippen molar-refractivity contribution < 1.29 is 0 Å². The first-order chi connectivity index (χ1) is 15.8. The van der Waals surface area contributed by atoms with Gasteiger partial charge in [-0.1, -0.05) is 33.1 Å². The fraction of sp³-hybridized carbons (Fsp3) is 1.00. The van der Waals surface area contributed by atoms with Gasteiger partial charge >= 0.3 is 0 Å². The lowest BCUT2D eigenvalue weighted by atomic mass is 9.67. The molecular formula is C27H44I3N3. The minimum Gasteiger partial charge on any atom is -0.244 e. The summed E-state index contributed by atoms with van der Waals surface area (Å²) in [5.74, 6) is 6.01. The number of halogens is 3. The Labute approximate surface area is 244 Å². The van der Waals surface area contributed by atoms with Crippen LogP contribution in [0.5, 0.6) is 0 Å². The average Bonchev–Trinajstić information content (AvgIpc) is 3.46. The van der Waals surface area contributed by atoms with Crippen molar-refractivity contribution >= 4 is 68.6 Å². The van der Waals surface area contributed by atoms with E-state index < -0.39 is 0 Å². The van der Waals surface area contributed by atoms with E-state index >= 15 is 0 Å². The second-order valence-electron chi connectivity index (χ2n) is 13.5. The van der Waals surface area contributed by atoms with Crippen LogP contribution >= 0.6 is 68.6 Å². The van der Waals surface area contributed by atoms with E-state index in [-0.39, 0.29) is 0 Å². The highest BCUT2D eigenvalue weighted by atomic mass is 127. The molecule has 6 rings (SSSR count). The summed E-state index contributed by atoms with van der Waals surface area (Å²) < 4.78 is 8.34. The minimum absolute atomic E-state index is 0.415. The molecule has 0 spiro atoms. The summed E-state index contributed by atoms with van der Waals surface area (Å²) in [4.78, 5) is 0. The van der Waals surface area contributed by atoms with E-state index in [1.165, 1.54) is 77.2 Å². The van der Waals surface area contributed by atoms with E-state index in [9.17, 15) is 0 Å². The van der Waals surface area contributed by atoms with Gasteiger partial charge in [0.1, 0.15) is 0 Å². The Morgan fingerprint density at radius 1 is 0.727 bits per heavy atom. The van der Waals surface area contributed by atoms with Crippen LogP contribution in [0.25, 0.3) is 0 Å². The van der Waals surface area contributed by atoms with Crippen LogP contribution in [-0.4, -0.2) is 46.1 Å². The monoisotopic (exact) mass is 791 g/mol. The molecule has 6 heteroatoms. The van der Waals surface area contributed by atoms with Gasteiger partial charge in [-0.25, -0.2) is 9.34 Å². The maximum atomic E-state index is 2.86. The van der Waals surface area contributed by atoms with E-state index in [1.807, 2.05) is 0 Å². The van der Waals surface area contributed by atoms with E-state index in [0.29, 0.717) is 5.41 Å². The molecule has 3 heterocycles. The Morgan fingerprint density at radius 3 is 2.03 bits per heavy atom. The van der Waals surface area contributed by atoms with Crippen LogP contribution in [0.1, 0.15) is 91.4 Å². The van der Waals surface area contributed by atoms with Gasteiger partial charge in [0.2, 0.25) is 0 Å². The molecule has 188 valence electrons. The molecule has 3 saturated heterocycles. The van der Waals surface area contributed by atoms with Crippen LogP contribution in [0.2, 0.25) is 0 Å². The number of hydrogen-bond donors (Lipinski definition) is 0. The summed E-state index contributed by atoms with van der Waals surface area (Å²) in [7, 11) is 0. The summed E-state index contributed by atoms with van der Waals surface area (Å²) >= 11 is 8.15. The molecule has 0 amide bonds. The number of piperidine rings is 2. The Kier molecular flexibility index (Phi) is 7.43. The normalized spacial score (nSPS) is 50.5. The molecular weight excluding hydrogens is 747 g/mol. The average molecular weight is 791 g/mol. The first-order valence-electron chi connectivity index (χ1n) is 14.1. The number of nitrogens with zero attached hydrogens (tertiary/aromatic N) is 3. The van der Waals surface area contributed by atoms with Crippen molar-refractivity contribution in [3.05, 3.63) is 0 Å². The Morgan fingerprint density at radius 2 is 1.36 bits per heavy atom. The molecule has 3 nitrogen and oxygen atoms in total. The standard InChI is InChI=1S/C27H44I3N3/c1-16-19-8-9-20(19)23(32(16)29)10-11-24-21-13-22(21)25(33(24)30)14-27(2,3)26-12-17-6-4-5-7-18(17)15-31(26)28/h16-26H,4-15H2,1-3H3/t16-,17-,18+,19-,20-,21+,22-,23?,24-,25?,26+/m0/s1. The molecule has 0 N–H and O–H groups in total. The topological polar surface area (TPSA) is 9.72 Å². The van der Waals surface area contributed by atoms with Gasteiger partial charge in [-0.05, 0) is 99.2 Å². The number of rotatable bonds is 6. The van der Waals surface area contributed by atoms with E-state index in [1.54, 1.807) is 0 Å². The zero-order chi connectivity index (χ0) is 23.1. The van der Waals surface area contributed by atoms with Gasteiger partial charge in [0.15, 0.2) is 0 Å². The molecule has 0 bridgehead atoms.